The second-order valence-electron chi connectivity index (χ2n) is 29.4. The summed E-state index contributed by atoms with van der Waals surface area (Å²) in [6, 6.07) is 45.1. The fourth-order valence-electron chi connectivity index (χ4n) is 20.0. The summed E-state index contributed by atoms with van der Waals surface area (Å²) in [7, 11) is 0. The molecule has 0 saturated heterocycles. The second-order valence-corrected chi connectivity index (χ2v) is 29.4. The molecule has 0 radical (unpaired) electrons. The lowest BCUT2D eigenvalue weighted by molar-refractivity contribution is 0.0471. The monoisotopic (exact) mass is 1260 g/mol. The Bertz CT molecular complexity index is 4000. The van der Waals surface area contributed by atoms with Gasteiger partial charge in [-0.1, -0.05) is 179 Å². The smallest absolute Gasteiger partial charge is 0.104 e. The van der Waals surface area contributed by atoms with Gasteiger partial charge in [0.2, 0.25) is 0 Å². The molecule has 0 bridgehead atoms. The van der Waals surface area contributed by atoms with Crippen molar-refractivity contribution in [1.29, 1.82) is 0 Å². The van der Waals surface area contributed by atoms with Gasteiger partial charge < -0.3 is 39.2 Å². The fraction of sp³-hybridized carbons (Fsp3) is 0.465. The number of aryl methyl sites for hydroxylation is 4. The molecule has 5 aromatic carbocycles. The zero-order chi connectivity index (χ0) is 67.9. The summed E-state index contributed by atoms with van der Waals surface area (Å²) >= 11 is 0. The third kappa shape index (κ3) is 10.6. The van der Waals surface area contributed by atoms with Crippen LogP contribution in [0.2, 0.25) is 0 Å². The van der Waals surface area contributed by atoms with Gasteiger partial charge in [0.05, 0.1) is 44.0 Å². The van der Waals surface area contributed by atoms with Gasteiger partial charge in [-0.15, -0.1) is 0 Å². The van der Waals surface area contributed by atoms with Crippen LogP contribution in [-0.4, -0.2) is 62.3 Å². The maximum absolute atomic E-state index is 9.21. The Kier molecular flexibility index (Phi) is 16.8. The number of fused-ring (bicyclic) bond motifs is 4. The molecule has 8 nitrogen and oxygen atoms in total. The van der Waals surface area contributed by atoms with E-state index in [1.54, 1.807) is 6.08 Å². The predicted molar refractivity (Wildman–Crippen MR) is 395 cm³/mol. The molecule has 4 saturated carbocycles. The van der Waals surface area contributed by atoms with Gasteiger partial charge >= 0.3 is 0 Å². The molecular formula is C86H108N8. The SMILES string of the molecule is CC1=C2C=CC(C3CCCC3)(C3CCCC3)N2C(C)N1c1ccccc1C.CC1=C2C=CC(c3ccccc3)(C3CCCC3)N2C(C)N1c1ccccc1C.[2H]C1(C2CCCC2)C=CC2=C(C)N(c3ccccc3C)C(C)N21.[2H]C1([2H])C=CC2=C(C)N(c3ccccc3C)C(C)N21. The Labute approximate surface area is 570 Å². The van der Waals surface area contributed by atoms with Crippen molar-refractivity contribution in [2.45, 2.75) is 228 Å². The van der Waals surface area contributed by atoms with E-state index in [-0.39, 0.29) is 23.4 Å². The minimum absolute atomic E-state index is 0.0129. The summed E-state index contributed by atoms with van der Waals surface area (Å²) in [4.78, 5) is 19.5. The molecule has 12 aliphatic rings. The first-order chi connectivity index (χ1) is 46.8. The first kappa shape index (κ1) is 60.1. The van der Waals surface area contributed by atoms with Crippen LogP contribution in [0.25, 0.3) is 0 Å². The van der Waals surface area contributed by atoms with E-state index in [1.807, 2.05) is 30.0 Å². The van der Waals surface area contributed by atoms with E-state index < -0.39 is 12.5 Å². The van der Waals surface area contributed by atoms with E-state index in [0.717, 1.165) is 28.9 Å². The molecule has 5 aromatic rings. The van der Waals surface area contributed by atoms with Crippen molar-refractivity contribution < 1.29 is 4.11 Å². The van der Waals surface area contributed by atoms with E-state index in [1.165, 1.54) is 182 Å². The molecule has 0 spiro atoms. The number of benzene rings is 5. The number of nitrogens with zero attached hydrogens (tertiary/aromatic N) is 8. The van der Waals surface area contributed by atoms with Crippen molar-refractivity contribution in [3.8, 4) is 0 Å². The van der Waals surface area contributed by atoms with Gasteiger partial charge in [-0.25, -0.2) is 0 Å². The summed E-state index contributed by atoms with van der Waals surface area (Å²) < 4.78 is 25.4. The first-order valence-electron chi connectivity index (χ1n) is 38.0. The highest BCUT2D eigenvalue weighted by Crippen LogP contribution is 2.58. The molecule has 17 rings (SSSR count). The minimum Gasteiger partial charge on any atom is -0.346 e. The zero-order valence-corrected chi connectivity index (χ0v) is 58.8. The number of hydrogen-bond acceptors (Lipinski definition) is 8. The largest absolute Gasteiger partial charge is 0.346 e. The lowest BCUT2D eigenvalue weighted by Crippen LogP contribution is -2.57. The average Bonchev–Trinajstić information content (AvgIpc) is 1.57. The maximum Gasteiger partial charge on any atom is 0.104 e. The number of allylic oxidation sites excluding steroid dienone is 8. The van der Waals surface area contributed by atoms with Gasteiger partial charge in [-0.2, -0.15) is 0 Å². The van der Waals surface area contributed by atoms with Gasteiger partial charge in [-0.3, -0.25) is 0 Å². The average molecular weight is 1260 g/mol. The van der Waals surface area contributed by atoms with Crippen molar-refractivity contribution >= 4 is 22.7 Å². The Morgan fingerprint density at radius 2 is 0.777 bits per heavy atom. The molecule has 6 unspecified atom stereocenters. The third-order valence-electron chi connectivity index (χ3n) is 24.4. The molecule has 8 heteroatoms. The molecule has 492 valence electrons. The Hall–Kier alpha value is -7.58. The molecule has 0 amide bonds. The van der Waals surface area contributed by atoms with E-state index in [2.05, 4.69) is 262 Å². The van der Waals surface area contributed by atoms with Crippen LogP contribution in [0.1, 0.15) is 190 Å². The van der Waals surface area contributed by atoms with Crippen LogP contribution < -0.4 is 19.6 Å². The summed E-state index contributed by atoms with van der Waals surface area (Å²) in [5.41, 5.74) is 22.3. The molecule has 0 aromatic heterocycles. The van der Waals surface area contributed by atoms with E-state index in [4.69, 9.17) is 2.74 Å². The summed E-state index contributed by atoms with van der Waals surface area (Å²) in [6.07, 6.45) is 40.5. The molecule has 6 atom stereocenters. The normalized spacial score (nSPS) is 28.6. The molecule has 8 aliphatic heterocycles. The Morgan fingerprint density at radius 3 is 1.27 bits per heavy atom. The lowest BCUT2D eigenvalue weighted by Gasteiger charge is -2.50. The van der Waals surface area contributed by atoms with E-state index in [0.29, 0.717) is 24.2 Å². The molecule has 4 aliphatic carbocycles. The van der Waals surface area contributed by atoms with Crippen LogP contribution in [0.4, 0.5) is 22.7 Å². The molecule has 94 heavy (non-hydrogen) atoms. The van der Waals surface area contributed by atoms with Gasteiger partial charge in [0, 0.05) is 52.0 Å². The van der Waals surface area contributed by atoms with E-state index in [9.17, 15) is 1.37 Å². The number of hydrogen-bond donors (Lipinski definition) is 0. The molecule has 8 heterocycles. The van der Waals surface area contributed by atoms with Gasteiger partial charge in [-0.05, 0) is 235 Å². The summed E-state index contributed by atoms with van der Waals surface area (Å²) in [5.74, 6) is 2.81. The number of para-hydroxylation sites is 4. The highest BCUT2D eigenvalue weighted by Gasteiger charge is 2.57. The highest BCUT2D eigenvalue weighted by molar-refractivity contribution is 5.67. The van der Waals surface area contributed by atoms with Crippen molar-refractivity contribution in [2.75, 3.05) is 26.1 Å². The summed E-state index contributed by atoms with van der Waals surface area (Å²) in [5, 5.41) is 0. The fourth-order valence-corrected chi connectivity index (χ4v) is 20.0. The van der Waals surface area contributed by atoms with E-state index >= 15 is 0 Å². The van der Waals surface area contributed by atoms with Crippen molar-refractivity contribution in [3.05, 3.63) is 249 Å². The number of rotatable bonds is 9. The Balaban J connectivity index is 0.000000112. The van der Waals surface area contributed by atoms with Crippen LogP contribution >= 0.6 is 0 Å². The number of anilines is 4. The van der Waals surface area contributed by atoms with Crippen LogP contribution in [0, 0.1) is 51.4 Å². The van der Waals surface area contributed by atoms with Crippen molar-refractivity contribution in [1.82, 2.24) is 19.6 Å². The molecule has 0 N–H and O–H groups in total. The molecular weight excluding hydrogens is 1150 g/mol. The lowest BCUT2D eigenvalue weighted by atomic mass is 9.71. The van der Waals surface area contributed by atoms with Gasteiger partial charge in [0.15, 0.2) is 0 Å². The van der Waals surface area contributed by atoms with Gasteiger partial charge in [0.1, 0.15) is 24.7 Å². The predicted octanol–water partition coefficient (Wildman–Crippen LogP) is 20.8. The minimum atomic E-state index is -1.40. The third-order valence-corrected chi connectivity index (χ3v) is 24.4. The van der Waals surface area contributed by atoms with Crippen LogP contribution in [0.15, 0.2) is 222 Å². The van der Waals surface area contributed by atoms with Gasteiger partial charge in [0.25, 0.3) is 0 Å². The Morgan fingerprint density at radius 1 is 0.383 bits per heavy atom. The maximum atomic E-state index is 9.21. The molecule has 4 fully saturated rings. The van der Waals surface area contributed by atoms with Crippen molar-refractivity contribution in [3.63, 3.8) is 0 Å². The standard InChI is InChI=1S/C26H30N2.C25H34N2.C20H26N2.C15H18N2/c1-19-11-7-10-16-24(19)27-20(2)25-17-18-26(28(25)21(27)3,23-14-8-9-15-23)22-12-5-4-6-13-22;1-18-10-4-9-15-23(18)26-19(2)24-16-17-25(27(24)20(26)3,21-11-5-6-12-21)22-13-7-8-14-22;1-14-8-4-7-11-18(14)21-15(2)19-12-13-20(22(19)16(21)3)17-9-5-6-10-17;1-11-7-4-5-8-14(11)17-12(2)15-9-6-10-16(15)13(17)3/h4-7,10-13,16-18,21,23H,8-9,14-15H2,1-3H3;4,9-10,15-17,20-22H,5-8,11-14H2,1-3H3;4,7-8,11-13,16-17,20H,5-6,9-10H2,1-3H3;4-9,13H,10H2,1-3H3/i;;20D;10D2. The zero-order valence-electron chi connectivity index (χ0n) is 61.8. The first-order valence-corrected chi connectivity index (χ1v) is 36.5. The van der Waals surface area contributed by atoms with Crippen LogP contribution in [0.5, 0.6) is 0 Å². The topological polar surface area (TPSA) is 25.9 Å². The van der Waals surface area contributed by atoms with Crippen LogP contribution in [0.3, 0.4) is 0 Å². The van der Waals surface area contributed by atoms with Crippen LogP contribution in [-0.2, 0) is 5.54 Å². The second kappa shape index (κ2) is 26.2. The highest BCUT2D eigenvalue weighted by atomic mass is 15.5. The quantitative estimate of drug-likeness (QED) is 0.144. The summed E-state index contributed by atoms with van der Waals surface area (Å²) in [6.45, 7) is 25.3. The van der Waals surface area contributed by atoms with Crippen molar-refractivity contribution in [2.24, 2.45) is 23.7 Å².